The van der Waals surface area contributed by atoms with Gasteiger partial charge in [0.1, 0.15) is 5.75 Å². The SMILES string of the molecule is CCCc1cc(Nc2ccccc2)ccc1O. The van der Waals surface area contributed by atoms with Gasteiger partial charge in [-0.15, -0.1) is 0 Å². The Labute approximate surface area is 102 Å². The number of phenols is 1. The quantitative estimate of drug-likeness (QED) is 0.771. The van der Waals surface area contributed by atoms with Crippen LogP contribution in [-0.2, 0) is 6.42 Å². The third-order valence-electron chi connectivity index (χ3n) is 2.66. The number of rotatable bonds is 4. The van der Waals surface area contributed by atoms with E-state index in [4.69, 9.17) is 0 Å². The Kier molecular flexibility index (Phi) is 3.66. The number of aryl methyl sites for hydroxylation is 1. The molecule has 2 nitrogen and oxygen atoms in total. The molecule has 0 amide bonds. The standard InChI is InChI=1S/C15H17NO/c1-2-6-12-11-14(9-10-15(12)17)16-13-7-4-3-5-8-13/h3-5,7-11,16-17H,2,6H2,1H3. The van der Waals surface area contributed by atoms with E-state index in [0.29, 0.717) is 5.75 Å². The maximum Gasteiger partial charge on any atom is 0.118 e. The van der Waals surface area contributed by atoms with Crippen molar-refractivity contribution in [1.29, 1.82) is 0 Å². The van der Waals surface area contributed by atoms with Gasteiger partial charge >= 0.3 is 0 Å². The van der Waals surface area contributed by atoms with E-state index in [1.165, 1.54) is 0 Å². The molecule has 2 aromatic rings. The van der Waals surface area contributed by atoms with Crippen molar-refractivity contribution in [3.05, 3.63) is 54.1 Å². The van der Waals surface area contributed by atoms with Crippen molar-refractivity contribution in [2.45, 2.75) is 19.8 Å². The Morgan fingerprint density at radius 3 is 2.47 bits per heavy atom. The van der Waals surface area contributed by atoms with E-state index in [-0.39, 0.29) is 0 Å². The molecule has 2 rings (SSSR count). The van der Waals surface area contributed by atoms with Gasteiger partial charge in [0.05, 0.1) is 0 Å². The van der Waals surface area contributed by atoms with Crippen LogP contribution in [0.5, 0.6) is 5.75 Å². The van der Waals surface area contributed by atoms with Crippen molar-refractivity contribution in [3.8, 4) is 5.75 Å². The highest BCUT2D eigenvalue weighted by Crippen LogP contribution is 2.24. The molecule has 0 aliphatic rings. The molecule has 0 spiro atoms. The summed E-state index contributed by atoms with van der Waals surface area (Å²) in [5.74, 6) is 0.380. The summed E-state index contributed by atoms with van der Waals surface area (Å²) in [5.41, 5.74) is 3.06. The maximum atomic E-state index is 9.70. The minimum Gasteiger partial charge on any atom is -0.508 e. The van der Waals surface area contributed by atoms with E-state index >= 15 is 0 Å². The number of hydrogen-bond donors (Lipinski definition) is 2. The summed E-state index contributed by atoms with van der Waals surface area (Å²) in [7, 11) is 0. The molecular weight excluding hydrogens is 210 g/mol. The lowest BCUT2D eigenvalue weighted by Gasteiger charge is -2.09. The van der Waals surface area contributed by atoms with Crippen molar-refractivity contribution in [3.63, 3.8) is 0 Å². The number of aromatic hydroxyl groups is 1. The van der Waals surface area contributed by atoms with Gasteiger partial charge < -0.3 is 10.4 Å². The number of anilines is 2. The molecule has 0 bridgehead atoms. The van der Waals surface area contributed by atoms with Crippen molar-refractivity contribution in [2.24, 2.45) is 0 Å². The molecule has 2 N–H and O–H groups in total. The summed E-state index contributed by atoms with van der Waals surface area (Å²) in [4.78, 5) is 0. The van der Waals surface area contributed by atoms with Crippen LogP contribution in [0.1, 0.15) is 18.9 Å². The molecule has 0 unspecified atom stereocenters. The first-order valence-electron chi connectivity index (χ1n) is 5.93. The lowest BCUT2D eigenvalue weighted by molar-refractivity contribution is 0.468. The summed E-state index contributed by atoms with van der Waals surface area (Å²) in [6.07, 6.45) is 1.93. The molecule has 0 fully saturated rings. The third kappa shape index (κ3) is 3.00. The number of hydrogen-bond acceptors (Lipinski definition) is 2. The van der Waals surface area contributed by atoms with E-state index in [9.17, 15) is 5.11 Å². The molecular formula is C15H17NO. The van der Waals surface area contributed by atoms with Gasteiger partial charge in [-0.1, -0.05) is 31.5 Å². The lowest BCUT2D eigenvalue weighted by Crippen LogP contribution is -1.92. The normalized spacial score (nSPS) is 10.2. The highest BCUT2D eigenvalue weighted by molar-refractivity contribution is 5.61. The summed E-state index contributed by atoms with van der Waals surface area (Å²) in [6.45, 7) is 2.11. The number of benzene rings is 2. The van der Waals surface area contributed by atoms with Crippen LogP contribution in [0.15, 0.2) is 48.5 Å². The molecule has 17 heavy (non-hydrogen) atoms. The summed E-state index contributed by atoms with van der Waals surface area (Å²) >= 11 is 0. The smallest absolute Gasteiger partial charge is 0.118 e. The van der Waals surface area contributed by atoms with E-state index < -0.39 is 0 Å². The fourth-order valence-electron chi connectivity index (χ4n) is 1.82. The molecule has 0 atom stereocenters. The maximum absolute atomic E-state index is 9.70. The molecule has 0 aromatic heterocycles. The van der Waals surface area contributed by atoms with Gasteiger partial charge in [-0.05, 0) is 42.3 Å². The zero-order chi connectivity index (χ0) is 12.1. The number of nitrogens with one attached hydrogen (secondary N) is 1. The molecule has 0 saturated heterocycles. The molecule has 0 heterocycles. The number of para-hydroxylation sites is 1. The van der Waals surface area contributed by atoms with Gasteiger partial charge in [-0.25, -0.2) is 0 Å². The molecule has 0 radical (unpaired) electrons. The third-order valence-corrected chi connectivity index (χ3v) is 2.66. The first-order chi connectivity index (χ1) is 8.29. The second-order valence-electron chi connectivity index (χ2n) is 4.08. The Hall–Kier alpha value is -1.96. The fraction of sp³-hybridized carbons (Fsp3) is 0.200. The van der Waals surface area contributed by atoms with Crippen LogP contribution >= 0.6 is 0 Å². The molecule has 0 saturated carbocycles. The van der Waals surface area contributed by atoms with Crippen LogP contribution in [0, 0.1) is 0 Å². The zero-order valence-electron chi connectivity index (χ0n) is 9.98. The van der Waals surface area contributed by atoms with Gasteiger partial charge in [0.2, 0.25) is 0 Å². The van der Waals surface area contributed by atoms with E-state index in [1.807, 2.05) is 42.5 Å². The van der Waals surface area contributed by atoms with Crippen molar-refractivity contribution < 1.29 is 5.11 Å². The second kappa shape index (κ2) is 5.39. The predicted octanol–water partition coefficient (Wildman–Crippen LogP) is 4.09. The lowest BCUT2D eigenvalue weighted by atomic mass is 10.1. The van der Waals surface area contributed by atoms with E-state index in [2.05, 4.69) is 12.2 Å². The van der Waals surface area contributed by atoms with Gasteiger partial charge in [0, 0.05) is 11.4 Å². The van der Waals surface area contributed by atoms with Crippen LogP contribution < -0.4 is 5.32 Å². The van der Waals surface area contributed by atoms with Gasteiger partial charge in [0.25, 0.3) is 0 Å². The van der Waals surface area contributed by atoms with Crippen molar-refractivity contribution >= 4 is 11.4 Å². The van der Waals surface area contributed by atoms with Crippen LogP contribution in [0.4, 0.5) is 11.4 Å². The van der Waals surface area contributed by atoms with Crippen LogP contribution in [0.2, 0.25) is 0 Å². The Morgan fingerprint density at radius 1 is 1.00 bits per heavy atom. The Morgan fingerprint density at radius 2 is 1.76 bits per heavy atom. The average Bonchev–Trinajstić information content (AvgIpc) is 2.35. The topological polar surface area (TPSA) is 32.3 Å². The molecule has 0 aliphatic carbocycles. The summed E-state index contributed by atoms with van der Waals surface area (Å²) < 4.78 is 0. The predicted molar refractivity (Wildman–Crippen MR) is 71.8 cm³/mol. The molecule has 0 aliphatic heterocycles. The highest BCUT2D eigenvalue weighted by Gasteiger charge is 2.02. The monoisotopic (exact) mass is 227 g/mol. The van der Waals surface area contributed by atoms with Crippen LogP contribution in [0.3, 0.4) is 0 Å². The summed E-state index contributed by atoms with van der Waals surface area (Å²) in [6, 6.07) is 15.7. The Bertz CT molecular complexity index is 480. The van der Waals surface area contributed by atoms with Gasteiger partial charge in [-0.3, -0.25) is 0 Å². The van der Waals surface area contributed by atoms with E-state index in [0.717, 1.165) is 29.8 Å². The van der Waals surface area contributed by atoms with Crippen molar-refractivity contribution in [2.75, 3.05) is 5.32 Å². The molecule has 88 valence electrons. The highest BCUT2D eigenvalue weighted by atomic mass is 16.3. The first kappa shape index (κ1) is 11.5. The minimum atomic E-state index is 0.380. The van der Waals surface area contributed by atoms with Crippen LogP contribution in [0.25, 0.3) is 0 Å². The zero-order valence-corrected chi connectivity index (χ0v) is 9.98. The van der Waals surface area contributed by atoms with Gasteiger partial charge in [0.15, 0.2) is 0 Å². The minimum absolute atomic E-state index is 0.380. The second-order valence-corrected chi connectivity index (χ2v) is 4.08. The average molecular weight is 227 g/mol. The summed E-state index contributed by atoms with van der Waals surface area (Å²) in [5, 5.41) is 13.0. The van der Waals surface area contributed by atoms with Crippen molar-refractivity contribution in [1.82, 2.24) is 0 Å². The largest absolute Gasteiger partial charge is 0.508 e. The Balaban J connectivity index is 2.19. The first-order valence-corrected chi connectivity index (χ1v) is 5.93. The van der Waals surface area contributed by atoms with Crippen LogP contribution in [-0.4, -0.2) is 5.11 Å². The molecule has 2 heteroatoms. The number of phenolic OH excluding ortho intramolecular Hbond substituents is 1. The molecule has 2 aromatic carbocycles. The fourth-order valence-corrected chi connectivity index (χ4v) is 1.82. The van der Waals surface area contributed by atoms with Gasteiger partial charge in [-0.2, -0.15) is 0 Å². The van der Waals surface area contributed by atoms with E-state index in [1.54, 1.807) is 6.07 Å².